The fraction of sp³-hybridized carbons (Fsp3) is 0.278. The Balaban J connectivity index is 2.25. The van der Waals surface area contributed by atoms with Crippen molar-refractivity contribution in [3.63, 3.8) is 0 Å². The molecule has 0 radical (unpaired) electrons. The minimum atomic E-state index is -3.64. The van der Waals surface area contributed by atoms with Gasteiger partial charge in [-0.15, -0.1) is 0 Å². The molecular formula is C18H21ClN2O3S. The number of hydrogen-bond acceptors (Lipinski definition) is 3. The lowest BCUT2D eigenvalue weighted by atomic mass is 10.1. The average molecular weight is 381 g/mol. The number of sulfonamides is 1. The van der Waals surface area contributed by atoms with Crippen molar-refractivity contribution in [2.75, 3.05) is 22.4 Å². The van der Waals surface area contributed by atoms with E-state index >= 15 is 0 Å². The zero-order valence-electron chi connectivity index (χ0n) is 14.6. The Bertz CT molecular complexity index is 911. The van der Waals surface area contributed by atoms with E-state index < -0.39 is 15.9 Å². The standard InChI is InChI=1S/C18H21ClN2O3S/c1-12-5-8-17(14(3)9-12)20-18(22)11-21(25(4,23)24)15-7-6-13(2)16(19)10-15/h5-10H,11H2,1-4H3,(H,20,22). The summed E-state index contributed by atoms with van der Waals surface area (Å²) in [6, 6.07) is 10.5. The number of nitrogens with zero attached hydrogens (tertiary/aromatic N) is 1. The van der Waals surface area contributed by atoms with Crippen molar-refractivity contribution in [1.29, 1.82) is 0 Å². The predicted octanol–water partition coefficient (Wildman–Crippen LogP) is 3.67. The normalized spacial score (nSPS) is 11.2. The summed E-state index contributed by atoms with van der Waals surface area (Å²) in [6.45, 7) is 5.34. The molecule has 0 atom stereocenters. The Labute approximate surface area is 153 Å². The van der Waals surface area contributed by atoms with Crippen molar-refractivity contribution in [2.45, 2.75) is 20.8 Å². The third-order valence-electron chi connectivity index (χ3n) is 3.79. The summed E-state index contributed by atoms with van der Waals surface area (Å²) in [7, 11) is -3.64. The van der Waals surface area contributed by atoms with E-state index in [1.54, 1.807) is 24.3 Å². The highest BCUT2D eigenvalue weighted by molar-refractivity contribution is 7.92. The van der Waals surface area contributed by atoms with Crippen molar-refractivity contribution in [3.8, 4) is 0 Å². The molecule has 0 aliphatic heterocycles. The number of carbonyl (C=O) groups is 1. The monoisotopic (exact) mass is 380 g/mol. The van der Waals surface area contributed by atoms with Gasteiger partial charge in [0.25, 0.3) is 0 Å². The van der Waals surface area contributed by atoms with Crippen molar-refractivity contribution in [1.82, 2.24) is 0 Å². The van der Waals surface area contributed by atoms with Crippen LogP contribution in [0.25, 0.3) is 0 Å². The molecule has 0 aliphatic rings. The van der Waals surface area contributed by atoms with Crippen LogP contribution in [0.1, 0.15) is 16.7 Å². The Morgan fingerprint density at radius 3 is 2.32 bits per heavy atom. The van der Waals surface area contributed by atoms with Gasteiger partial charge in [0.05, 0.1) is 11.9 Å². The van der Waals surface area contributed by atoms with Crippen LogP contribution in [0.3, 0.4) is 0 Å². The lowest BCUT2D eigenvalue weighted by Crippen LogP contribution is -2.37. The van der Waals surface area contributed by atoms with E-state index in [2.05, 4.69) is 5.32 Å². The number of amides is 1. The van der Waals surface area contributed by atoms with Gasteiger partial charge in [0, 0.05) is 10.7 Å². The molecule has 5 nitrogen and oxygen atoms in total. The summed E-state index contributed by atoms with van der Waals surface area (Å²) in [5.41, 5.74) is 3.85. The number of aryl methyl sites for hydroxylation is 3. The number of hydrogen-bond donors (Lipinski definition) is 1. The fourth-order valence-corrected chi connectivity index (χ4v) is 3.43. The van der Waals surface area contributed by atoms with Crippen LogP contribution in [0.4, 0.5) is 11.4 Å². The Morgan fingerprint density at radius 1 is 1.08 bits per heavy atom. The van der Waals surface area contributed by atoms with Gasteiger partial charge in [0.1, 0.15) is 6.54 Å². The van der Waals surface area contributed by atoms with E-state index in [1.807, 2.05) is 32.9 Å². The zero-order valence-corrected chi connectivity index (χ0v) is 16.2. The molecule has 0 heterocycles. The summed E-state index contributed by atoms with van der Waals surface area (Å²) >= 11 is 6.09. The van der Waals surface area contributed by atoms with E-state index in [-0.39, 0.29) is 6.54 Å². The highest BCUT2D eigenvalue weighted by Crippen LogP contribution is 2.25. The third-order valence-corrected chi connectivity index (χ3v) is 5.33. The summed E-state index contributed by atoms with van der Waals surface area (Å²) < 4.78 is 25.3. The molecule has 0 saturated heterocycles. The maximum absolute atomic E-state index is 12.4. The van der Waals surface area contributed by atoms with Crippen molar-refractivity contribution < 1.29 is 13.2 Å². The van der Waals surface area contributed by atoms with Gasteiger partial charge < -0.3 is 5.32 Å². The van der Waals surface area contributed by atoms with Crippen LogP contribution in [0.5, 0.6) is 0 Å². The molecule has 0 bridgehead atoms. The van der Waals surface area contributed by atoms with Gasteiger partial charge in [0.15, 0.2) is 0 Å². The maximum Gasteiger partial charge on any atom is 0.245 e. The SMILES string of the molecule is Cc1ccc(NC(=O)CN(c2ccc(C)c(Cl)c2)S(C)(=O)=O)c(C)c1. The number of nitrogens with one attached hydrogen (secondary N) is 1. The van der Waals surface area contributed by atoms with Crippen molar-refractivity contribution >= 4 is 38.9 Å². The molecule has 25 heavy (non-hydrogen) atoms. The Morgan fingerprint density at radius 2 is 1.76 bits per heavy atom. The van der Waals surface area contributed by atoms with Crippen LogP contribution in [0, 0.1) is 20.8 Å². The molecule has 0 saturated carbocycles. The van der Waals surface area contributed by atoms with Crippen LogP contribution in [0.2, 0.25) is 5.02 Å². The van der Waals surface area contributed by atoms with Crippen LogP contribution < -0.4 is 9.62 Å². The van der Waals surface area contributed by atoms with E-state index in [0.717, 1.165) is 27.3 Å². The first-order chi connectivity index (χ1) is 11.6. The lowest BCUT2D eigenvalue weighted by molar-refractivity contribution is -0.114. The van der Waals surface area contributed by atoms with Crippen LogP contribution in [0.15, 0.2) is 36.4 Å². The summed E-state index contributed by atoms with van der Waals surface area (Å²) in [5.74, 6) is -0.422. The van der Waals surface area contributed by atoms with E-state index in [0.29, 0.717) is 16.4 Å². The summed E-state index contributed by atoms with van der Waals surface area (Å²) in [5, 5.41) is 3.20. The van der Waals surface area contributed by atoms with Gasteiger partial charge in [-0.2, -0.15) is 0 Å². The second kappa shape index (κ2) is 7.45. The quantitative estimate of drug-likeness (QED) is 0.860. The summed E-state index contributed by atoms with van der Waals surface area (Å²) in [4.78, 5) is 12.4. The first-order valence-electron chi connectivity index (χ1n) is 7.69. The minimum absolute atomic E-state index is 0.328. The highest BCUT2D eigenvalue weighted by atomic mass is 35.5. The molecule has 1 N–H and O–H groups in total. The van der Waals surface area contributed by atoms with Gasteiger partial charge in [0.2, 0.25) is 15.9 Å². The zero-order chi connectivity index (χ0) is 18.8. The second-order valence-corrected chi connectivity index (χ2v) is 8.38. The number of anilines is 2. The van der Waals surface area contributed by atoms with Crippen molar-refractivity contribution in [2.24, 2.45) is 0 Å². The second-order valence-electron chi connectivity index (χ2n) is 6.07. The Kier molecular flexibility index (Phi) is 5.75. The number of halogens is 1. The molecule has 2 rings (SSSR count). The third kappa shape index (κ3) is 4.96. The molecule has 0 aliphatic carbocycles. The van der Waals surface area contributed by atoms with Gasteiger partial charge in [-0.3, -0.25) is 9.10 Å². The average Bonchev–Trinajstić information content (AvgIpc) is 2.49. The molecule has 0 spiro atoms. The fourth-order valence-electron chi connectivity index (χ4n) is 2.41. The number of carbonyl (C=O) groups excluding carboxylic acids is 1. The first kappa shape index (κ1) is 19.3. The molecule has 2 aromatic carbocycles. The molecular weight excluding hydrogens is 360 g/mol. The highest BCUT2D eigenvalue weighted by Gasteiger charge is 2.21. The number of rotatable bonds is 5. The molecule has 2 aromatic rings. The van der Waals surface area contributed by atoms with Gasteiger partial charge >= 0.3 is 0 Å². The largest absolute Gasteiger partial charge is 0.324 e. The van der Waals surface area contributed by atoms with Crippen molar-refractivity contribution in [3.05, 3.63) is 58.1 Å². The van der Waals surface area contributed by atoms with Crippen LogP contribution in [-0.4, -0.2) is 27.1 Å². The lowest BCUT2D eigenvalue weighted by Gasteiger charge is -2.22. The van der Waals surface area contributed by atoms with Crippen LogP contribution >= 0.6 is 11.6 Å². The predicted molar refractivity (Wildman–Crippen MR) is 103 cm³/mol. The number of benzene rings is 2. The molecule has 0 fully saturated rings. The summed E-state index contributed by atoms with van der Waals surface area (Å²) in [6.07, 6.45) is 1.06. The molecule has 0 aromatic heterocycles. The Hall–Kier alpha value is -2.05. The smallest absolute Gasteiger partial charge is 0.245 e. The van der Waals surface area contributed by atoms with Gasteiger partial charge in [-0.05, 0) is 50.1 Å². The molecule has 134 valence electrons. The molecule has 7 heteroatoms. The van der Waals surface area contributed by atoms with E-state index in [4.69, 9.17) is 11.6 Å². The molecule has 0 unspecified atom stereocenters. The van der Waals surface area contributed by atoms with E-state index in [9.17, 15) is 13.2 Å². The minimum Gasteiger partial charge on any atom is -0.324 e. The van der Waals surface area contributed by atoms with E-state index in [1.165, 1.54) is 0 Å². The molecule has 1 amide bonds. The van der Waals surface area contributed by atoms with Gasteiger partial charge in [-0.25, -0.2) is 8.42 Å². The van der Waals surface area contributed by atoms with Crippen LogP contribution in [-0.2, 0) is 14.8 Å². The van der Waals surface area contributed by atoms with Gasteiger partial charge in [-0.1, -0.05) is 35.4 Å². The first-order valence-corrected chi connectivity index (χ1v) is 9.91. The topological polar surface area (TPSA) is 66.5 Å². The maximum atomic E-state index is 12.4.